The third-order valence-electron chi connectivity index (χ3n) is 6.15. The lowest BCUT2D eigenvalue weighted by Gasteiger charge is -2.07. The Labute approximate surface area is 198 Å². The summed E-state index contributed by atoms with van der Waals surface area (Å²) in [6.07, 6.45) is 4.25. The standard InChI is InChI=1S/C25H20ClN7O/c1-14-3-8-20-19(11-14)17(12-27-20)9-10-32-13-28-24-22(25(32)34)29-30-23-21(15(2)31-33(23)24)16-4-6-18(26)7-5-16/h3-8,11-13,27H,9-10H2,1-2H3. The van der Waals surface area contributed by atoms with Crippen molar-refractivity contribution in [3.63, 3.8) is 0 Å². The monoisotopic (exact) mass is 469 g/mol. The molecule has 0 saturated carbocycles. The first-order valence-corrected chi connectivity index (χ1v) is 11.3. The Bertz CT molecular complexity index is 1760. The number of fused-ring (bicyclic) bond motifs is 4. The molecule has 4 heterocycles. The molecule has 1 N–H and O–H groups in total. The number of hydrogen-bond donors (Lipinski definition) is 1. The first kappa shape index (κ1) is 20.6. The number of aromatic nitrogens is 7. The molecule has 0 spiro atoms. The third-order valence-corrected chi connectivity index (χ3v) is 6.41. The van der Waals surface area contributed by atoms with Crippen molar-refractivity contribution in [2.45, 2.75) is 26.8 Å². The van der Waals surface area contributed by atoms with Crippen molar-refractivity contribution >= 4 is 39.3 Å². The highest BCUT2D eigenvalue weighted by Gasteiger charge is 2.18. The Hall–Kier alpha value is -4.04. The van der Waals surface area contributed by atoms with Crippen LogP contribution in [-0.4, -0.2) is 34.3 Å². The zero-order chi connectivity index (χ0) is 23.4. The number of nitrogens with zero attached hydrogens (tertiary/aromatic N) is 6. The molecule has 0 radical (unpaired) electrons. The van der Waals surface area contributed by atoms with E-state index in [1.165, 1.54) is 10.9 Å². The van der Waals surface area contributed by atoms with Gasteiger partial charge in [0.1, 0.15) is 6.33 Å². The molecular formula is C25H20ClN7O. The van der Waals surface area contributed by atoms with E-state index in [1.807, 2.05) is 37.4 Å². The number of halogens is 1. The molecule has 0 aliphatic rings. The maximum absolute atomic E-state index is 13.2. The van der Waals surface area contributed by atoms with Crippen molar-refractivity contribution in [3.8, 4) is 11.1 Å². The Morgan fingerprint density at radius 2 is 1.85 bits per heavy atom. The minimum Gasteiger partial charge on any atom is -0.361 e. The predicted octanol–water partition coefficient (Wildman–Crippen LogP) is 4.50. The van der Waals surface area contributed by atoms with E-state index in [0.717, 1.165) is 27.9 Å². The Morgan fingerprint density at radius 1 is 1.03 bits per heavy atom. The second kappa shape index (κ2) is 7.78. The van der Waals surface area contributed by atoms with E-state index >= 15 is 0 Å². The summed E-state index contributed by atoms with van der Waals surface area (Å²) in [5.41, 5.74) is 6.86. The molecule has 8 nitrogen and oxygen atoms in total. The summed E-state index contributed by atoms with van der Waals surface area (Å²) in [5.74, 6) is 0. The molecule has 6 aromatic rings. The van der Waals surface area contributed by atoms with Crippen molar-refractivity contribution < 1.29 is 0 Å². The van der Waals surface area contributed by atoms with Crippen molar-refractivity contribution in [3.05, 3.63) is 87.2 Å². The molecule has 6 rings (SSSR count). The van der Waals surface area contributed by atoms with Crippen LogP contribution in [0.3, 0.4) is 0 Å². The average Bonchev–Trinajstić information content (AvgIpc) is 3.39. The van der Waals surface area contributed by atoms with Gasteiger partial charge in [-0.3, -0.25) is 9.36 Å². The van der Waals surface area contributed by atoms with Crippen LogP contribution in [0.2, 0.25) is 5.02 Å². The highest BCUT2D eigenvalue weighted by Crippen LogP contribution is 2.28. The summed E-state index contributed by atoms with van der Waals surface area (Å²) in [7, 11) is 0. The molecule has 4 aromatic heterocycles. The van der Waals surface area contributed by atoms with Crippen molar-refractivity contribution in [1.82, 2.24) is 34.3 Å². The molecule has 9 heteroatoms. The topological polar surface area (TPSA) is 93.8 Å². The summed E-state index contributed by atoms with van der Waals surface area (Å²) >= 11 is 6.04. The SMILES string of the molecule is Cc1ccc2[nH]cc(CCn3cnc4c(nnc5c(-c6ccc(Cl)cc6)c(C)nn54)c3=O)c2c1. The van der Waals surface area contributed by atoms with E-state index in [2.05, 4.69) is 50.4 Å². The van der Waals surface area contributed by atoms with E-state index < -0.39 is 0 Å². The molecular weight excluding hydrogens is 450 g/mol. The quantitative estimate of drug-likeness (QED) is 0.410. The van der Waals surface area contributed by atoms with Gasteiger partial charge < -0.3 is 4.98 Å². The summed E-state index contributed by atoms with van der Waals surface area (Å²) < 4.78 is 3.17. The van der Waals surface area contributed by atoms with Crippen molar-refractivity contribution in [1.29, 1.82) is 0 Å². The summed E-state index contributed by atoms with van der Waals surface area (Å²) in [6, 6.07) is 13.8. The molecule has 0 fully saturated rings. The Balaban J connectivity index is 1.39. The van der Waals surface area contributed by atoms with Crippen LogP contribution >= 0.6 is 11.6 Å². The van der Waals surface area contributed by atoms with E-state index in [1.54, 1.807) is 15.4 Å². The van der Waals surface area contributed by atoms with Crippen LogP contribution in [0.15, 0.2) is 59.8 Å². The van der Waals surface area contributed by atoms with Crippen LogP contribution in [-0.2, 0) is 13.0 Å². The zero-order valence-electron chi connectivity index (χ0n) is 18.6. The van der Waals surface area contributed by atoms with Gasteiger partial charge in [0.2, 0.25) is 0 Å². The largest absolute Gasteiger partial charge is 0.361 e. The van der Waals surface area contributed by atoms with Crippen LogP contribution in [0.5, 0.6) is 0 Å². The highest BCUT2D eigenvalue weighted by atomic mass is 35.5. The van der Waals surface area contributed by atoms with Gasteiger partial charge >= 0.3 is 0 Å². The molecule has 168 valence electrons. The molecule has 0 saturated heterocycles. The number of H-pyrrole nitrogens is 1. The number of aromatic amines is 1. The first-order chi connectivity index (χ1) is 16.5. The lowest BCUT2D eigenvalue weighted by atomic mass is 10.1. The fraction of sp³-hybridized carbons (Fsp3) is 0.160. The van der Waals surface area contributed by atoms with Gasteiger partial charge in [-0.1, -0.05) is 35.4 Å². The first-order valence-electron chi connectivity index (χ1n) is 10.9. The molecule has 0 bridgehead atoms. The highest BCUT2D eigenvalue weighted by molar-refractivity contribution is 6.30. The number of hydrogen-bond acceptors (Lipinski definition) is 5. The molecule has 0 aliphatic carbocycles. The van der Waals surface area contributed by atoms with Gasteiger partial charge in [0.15, 0.2) is 16.8 Å². The van der Waals surface area contributed by atoms with Crippen LogP contribution in [0, 0.1) is 13.8 Å². The van der Waals surface area contributed by atoms with Crippen LogP contribution in [0.4, 0.5) is 0 Å². The third kappa shape index (κ3) is 3.26. The fourth-order valence-corrected chi connectivity index (χ4v) is 4.54. The summed E-state index contributed by atoms with van der Waals surface area (Å²) in [6.45, 7) is 4.45. The normalized spacial score (nSPS) is 11.7. The molecule has 0 aliphatic heterocycles. The molecule has 0 amide bonds. The van der Waals surface area contributed by atoms with Crippen LogP contribution in [0.1, 0.15) is 16.8 Å². The molecule has 34 heavy (non-hydrogen) atoms. The predicted molar refractivity (Wildman–Crippen MR) is 132 cm³/mol. The molecule has 0 atom stereocenters. The van der Waals surface area contributed by atoms with E-state index in [-0.39, 0.29) is 11.1 Å². The van der Waals surface area contributed by atoms with E-state index in [9.17, 15) is 4.79 Å². The maximum Gasteiger partial charge on any atom is 0.283 e. The van der Waals surface area contributed by atoms with Gasteiger partial charge in [0, 0.05) is 28.7 Å². The Morgan fingerprint density at radius 3 is 2.68 bits per heavy atom. The average molecular weight is 470 g/mol. The number of benzene rings is 2. The Kier molecular flexibility index (Phi) is 4.70. The minimum absolute atomic E-state index is 0.190. The van der Waals surface area contributed by atoms with Gasteiger partial charge in [0.25, 0.3) is 5.56 Å². The lowest BCUT2D eigenvalue weighted by Crippen LogP contribution is -2.23. The van der Waals surface area contributed by atoms with Crippen LogP contribution < -0.4 is 5.56 Å². The van der Waals surface area contributed by atoms with Gasteiger partial charge in [-0.2, -0.15) is 9.61 Å². The van der Waals surface area contributed by atoms with E-state index in [4.69, 9.17) is 11.6 Å². The fourth-order valence-electron chi connectivity index (χ4n) is 4.42. The smallest absolute Gasteiger partial charge is 0.283 e. The van der Waals surface area contributed by atoms with Gasteiger partial charge in [-0.15, -0.1) is 10.2 Å². The van der Waals surface area contributed by atoms with Crippen molar-refractivity contribution in [2.24, 2.45) is 0 Å². The second-order valence-electron chi connectivity index (χ2n) is 8.43. The van der Waals surface area contributed by atoms with Crippen LogP contribution in [0.25, 0.3) is 38.8 Å². The van der Waals surface area contributed by atoms with Crippen molar-refractivity contribution in [2.75, 3.05) is 0 Å². The summed E-state index contributed by atoms with van der Waals surface area (Å²) in [5, 5.41) is 15.0. The van der Waals surface area contributed by atoms with Gasteiger partial charge in [0.05, 0.1) is 11.3 Å². The van der Waals surface area contributed by atoms with E-state index in [0.29, 0.717) is 29.3 Å². The molecule has 0 unspecified atom stereocenters. The molecule has 2 aromatic carbocycles. The number of aryl methyl sites for hydroxylation is 4. The second-order valence-corrected chi connectivity index (χ2v) is 8.87. The summed E-state index contributed by atoms with van der Waals surface area (Å²) in [4.78, 5) is 21.0. The lowest BCUT2D eigenvalue weighted by molar-refractivity contribution is 0.659. The van der Waals surface area contributed by atoms with Gasteiger partial charge in [-0.25, -0.2) is 4.98 Å². The number of rotatable bonds is 4. The minimum atomic E-state index is -0.239. The zero-order valence-corrected chi connectivity index (χ0v) is 19.3. The van der Waals surface area contributed by atoms with Gasteiger partial charge in [-0.05, 0) is 55.7 Å². The maximum atomic E-state index is 13.2. The number of nitrogens with one attached hydrogen (secondary N) is 1.